The van der Waals surface area contributed by atoms with Gasteiger partial charge in [0, 0.05) is 25.2 Å². The quantitative estimate of drug-likeness (QED) is 0.927. The molecule has 0 saturated carbocycles. The zero-order valence-corrected chi connectivity index (χ0v) is 12.8. The zero-order valence-electron chi connectivity index (χ0n) is 12.8. The summed E-state index contributed by atoms with van der Waals surface area (Å²) in [6.07, 6.45) is 5.20. The number of ether oxygens (including phenoxy) is 1. The molecule has 0 unspecified atom stereocenters. The molecule has 1 aromatic carbocycles. The largest absolute Gasteiger partial charge is 0.449 e. The number of benzene rings is 1. The van der Waals surface area contributed by atoms with Crippen LogP contribution in [-0.2, 0) is 17.6 Å². The molecule has 1 N–H and O–H groups in total. The predicted octanol–water partition coefficient (Wildman–Crippen LogP) is 2.14. The van der Waals surface area contributed by atoms with Gasteiger partial charge >= 0.3 is 6.09 Å². The maximum Gasteiger partial charge on any atom is 0.409 e. The van der Waals surface area contributed by atoms with E-state index in [2.05, 4.69) is 11.4 Å². The van der Waals surface area contributed by atoms with Gasteiger partial charge in [-0.25, -0.2) is 4.79 Å². The number of hydrogen-bond donors (Lipinski definition) is 1. The summed E-state index contributed by atoms with van der Waals surface area (Å²) in [7, 11) is 0. The van der Waals surface area contributed by atoms with Crippen molar-refractivity contribution in [2.45, 2.75) is 32.1 Å². The Balaban J connectivity index is 1.52. The Hall–Kier alpha value is -2.04. The van der Waals surface area contributed by atoms with Crippen LogP contribution in [-0.4, -0.2) is 43.1 Å². The molecule has 2 aliphatic rings. The van der Waals surface area contributed by atoms with Crippen LogP contribution >= 0.6 is 0 Å². The van der Waals surface area contributed by atoms with E-state index in [4.69, 9.17) is 4.74 Å². The SMILES string of the molecule is O=C(NCCN1CCCOC1=O)c1ccc2c(c1)CCCC2. The third-order valence-electron chi connectivity index (χ3n) is 4.33. The normalized spacial score (nSPS) is 17.6. The molecule has 5 heteroatoms. The van der Waals surface area contributed by atoms with Crippen molar-refractivity contribution in [1.82, 2.24) is 10.2 Å². The molecule has 1 heterocycles. The third-order valence-corrected chi connectivity index (χ3v) is 4.33. The van der Waals surface area contributed by atoms with Gasteiger partial charge in [-0.1, -0.05) is 6.07 Å². The van der Waals surface area contributed by atoms with E-state index in [-0.39, 0.29) is 12.0 Å². The number of cyclic esters (lactones) is 1. The highest BCUT2D eigenvalue weighted by atomic mass is 16.6. The van der Waals surface area contributed by atoms with Gasteiger partial charge in [0.1, 0.15) is 0 Å². The number of carbonyl (C=O) groups is 2. The van der Waals surface area contributed by atoms with Crippen LogP contribution in [0.1, 0.15) is 40.7 Å². The summed E-state index contributed by atoms with van der Waals surface area (Å²) in [5.74, 6) is -0.0706. The Morgan fingerprint density at radius 2 is 2.00 bits per heavy atom. The second-order valence-electron chi connectivity index (χ2n) is 5.90. The summed E-state index contributed by atoms with van der Waals surface area (Å²) >= 11 is 0. The van der Waals surface area contributed by atoms with Crippen molar-refractivity contribution in [3.8, 4) is 0 Å². The van der Waals surface area contributed by atoms with Crippen molar-refractivity contribution in [1.29, 1.82) is 0 Å². The minimum Gasteiger partial charge on any atom is -0.449 e. The lowest BCUT2D eigenvalue weighted by atomic mass is 9.90. The van der Waals surface area contributed by atoms with Crippen LogP contribution in [0.25, 0.3) is 0 Å². The fourth-order valence-electron chi connectivity index (χ4n) is 3.08. The van der Waals surface area contributed by atoms with Crippen LogP contribution in [0, 0.1) is 0 Å². The maximum atomic E-state index is 12.2. The average Bonchev–Trinajstić information content (AvgIpc) is 2.56. The lowest BCUT2D eigenvalue weighted by Crippen LogP contribution is -2.42. The maximum absolute atomic E-state index is 12.2. The fourth-order valence-corrected chi connectivity index (χ4v) is 3.08. The van der Waals surface area contributed by atoms with Gasteiger partial charge in [0.15, 0.2) is 0 Å². The molecule has 0 aromatic heterocycles. The summed E-state index contributed by atoms with van der Waals surface area (Å²) in [5, 5.41) is 2.89. The molecule has 2 amide bonds. The molecule has 0 spiro atoms. The van der Waals surface area contributed by atoms with Gasteiger partial charge in [0.25, 0.3) is 5.91 Å². The molecule has 22 heavy (non-hydrogen) atoms. The van der Waals surface area contributed by atoms with Gasteiger partial charge in [-0.2, -0.15) is 0 Å². The van der Waals surface area contributed by atoms with Gasteiger partial charge < -0.3 is 15.0 Å². The molecule has 118 valence electrons. The van der Waals surface area contributed by atoms with Crippen LogP contribution in [0.15, 0.2) is 18.2 Å². The first-order valence-electron chi connectivity index (χ1n) is 8.06. The van der Waals surface area contributed by atoms with Crippen molar-refractivity contribution in [2.75, 3.05) is 26.2 Å². The van der Waals surface area contributed by atoms with E-state index in [0.717, 1.165) is 19.3 Å². The van der Waals surface area contributed by atoms with Crippen molar-refractivity contribution in [3.05, 3.63) is 34.9 Å². The highest BCUT2D eigenvalue weighted by Crippen LogP contribution is 2.22. The Bertz CT molecular complexity index is 571. The van der Waals surface area contributed by atoms with E-state index >= 15 is 0 Å². The second kappa shape index (κ2) is 6.81. The smallest absolute Gasteiger partial charge is 0.409 e. The van der Waals surface area contributed by atoms with E-state index in [9.17, 15) is 9.59 Å². The number of carbonyl (C=O) groups excluding carboxylic acids is 2. The summed E-state index contributed by atoms with van der Waals surface area (Å²) in [5.41, 5.74) is 3.39. The van der Waals surface area contributed by atoms with Crippen molar-refractivity contribution >= 4 is 12.0 Å². The minimum absolute atomic E-state index is 0.0706. The number of rotatable bonds is 4. The molecule has 1 saturated heterocycles. The van der Waals surface area contributed by atoms with Gasteiger partial charge in [0.2, 0.25) is 0 Å². The van der Waals surface area contributed by atoms with Crippen LogP contribution in [0.5, 0.6) is 0 Å². The first-order valence-corrected chi connectivity index (χ1v) is 8.06. The molecule has 0 bridgehead atoms. The Labute approximate surface area is 130 Å². The van der Waals surface area contributed by atoms with Gasteiger partial charge in [-0.15, -0.1) is 0 Å². The van der Waals surface area contributed by atoms with Crippen LogP contribution in [0.3, 0.4) is 0 Å². The molecule has 3 rings (SSSR count). The molecule has 0 radical (unpaired) electrons. The average molecular weight is 302 g/mol. The van der Waals surface area contributed by atoms with E-state index in [1.807, 2.05) is 12.1 Å². The lowest BCUT2D eigenvalue weighted by Gasteiger charge is -2.26. The number of fused-ring (bicyclic) bond motifs is 1. The monoisotopic (exact) mass is 302 g/mol. The number of amides is 2. The first-order chi connectivity index (χ1) is 10.7. The molecule has 1 aliphatic heterocycles. The molecular formula is C17H22N2O3. The summed E-state index contributed by atoms with van der Waals surface area (Å²) in [4.78, 5) is 25.3. The third kappa shape index (κ3) is 3.40. The molecule has 1 fully saturated rings. The lowest BCUT2D eigenvalue weighted by molar-refractivity contribution is 0.0719. The van der Waals surface area contributed by atoms with E-state index < -0.39 is 0 Å². The summed E-state index contributed by atoms with van der Waals surface area (Å²) in [6, 6.07) is 5.99. The predicted molar refractivity (Wildman–Crippen MR) is 83.0 cm³/mol. The second-order valence-corrected chi connectivity index (χ2v) is 5.90. The van der Waals surface area contributed by atoms with Crippen LogP contribution < -0.4 is 5.32 Å². The van der Waals surface area contributed by atoms with E-state index in [1.165, 1.54) is 24.0 Å². The van der Waals surface area contributed by atoms with Gasteiger partial charge in [-0.05, 0) is 55.4 Å². The summed E-state index contributed by atoms with van der Waals surface area (Å²) < 4.78 is 4.97. The molecule has 1 aliphatic carbocycles. The topological polar surface area (TPSA) is 58.6 Å². The molecular weight excluding hydrogens is 280 g/mol. The highest BCUT2D eigenvalue weighted by molar-refractivity contribution is 5.94. The molecule has 5 nitrogen and oxygen atoms in total. The number of hydrogen-bond acceptors (Lipinski definition) is 3. The highest BCUT2D eigenvalue weighted by Gasteiger charge is 2.19. The zero-order chi connectivity index (χ0) is 15.4. The van der Waals surface area contributed by atoms with E-state index in [1.54, 1.807) is 4.90 Å². The first kappa shape index (κ1) is 14.9. The standard InChI is InChI=1S/C17H22N2O3/c20-16(18-8-10-19-9-3-11-22-17(19)21)15-7-6-13-4-1-2-5-14(13)12-15/h6-7,12H,1-5,8-11H2,(H,18,20). The molecule has 0 atom stereocenters. The van der Waals surface area contributed by atoms with Crippen LogP contribution in [0.4, 0.5) is 4.79 Å². The van der Waals surface area contributed by atoms with Crippen LogP contribution in [0.2, 0.25) is 0 Å². The van der Waals surface area contributed by atoms with E-state index in [0.29, 0.717) is 31.8 Å². The number of nitrogens with one attached hydrogen (secondary N) is 1. The Morgan fingerprint density at radius 1 is 1.18 bits per heavy atom. The fraction of sp³-hybridized carbons (Fsp3) is 0.529. The Morgan fingerprint density at radius 3 is 2.82 bits per heavy atom. The van der Waals surface area contributed by atoms with Crippen molar-refractivity contribution in [3.63, 3.8) is 0 Å². The minimum atomic E-state index is -0.283. The van der Waals surface area contributed by atoms with Gasteiger partial charge in [0.05, 0.1) is 6.61 Å². The van der Waals surface area contributed by atoms with Crippen molar-refractivity contribution < 1.29 is 14.3 Å². The Kier molecular flexibility index (Phi) is 4.61. The summed E-state index contributed by atoms with van der Waals surface area (Å²) in [6.45, 7) is 2.14. The number of nitrogens with zero attached hydrogens (tertiary/aromatic N) is 1. The molecule has 1 aromatic rings. The van der Waals surface area contributed by atoms with Crippen molar-refractivity contribution in [2.24, 2.45) is 0 Å². The van der Waals surface area contributed by atoms with Gasteiger partial charge in [-0.3, -0.25) is 4.79 Å². The number of aryl methyl sites for hydroxylation is 2.